The lowest BCUT2D eigenvalue weighted by molar-refractivity contribution is -0.110. The molecule has 4 heterocycles. The van der Waals surface area contributed by atoms with E-state index in [1.165, 1.54) is 5.56 Å². The highest BCUT2D eigenvalue weighted by Gasteiger charge is 2.32. The molecule has 1 aromatic heterocycles. The maximum absolute atomic E-state index is 13.4. The second-order valence-corrected chi connectivity index (χ2v) is 9.89. The molecule has 7 heteroatoms. The molecule has 0 saturated carbocycles. The predicted octanol–water partition coefficient (Wildman–Crippen LogP) is 3.62. The average Bonchev–Trinajstić information content (AvgIpc) is 3.37. The maximum Gasteiger partial charge on any atom is 0.256 e. The Hall–Kier alpha value is -2.90. The van der Waals surface area contributed by atoms with Gasteiger partial charge in [-0.1, -0.05) is 26.0 Å². The van der Waals surface area contributed by atoms with Crippen LogP contribution in [0.3, 0.4) is 0 Å². The van der Waals surface area contributed by atoms with E-state index in [0.717, 1.165) is 98.8 Å². The number of carbonyl (C=O) groups is 2. The van der Waals surface area contributed by atoms with Gasteiger partial charge in [-0.15, -0.1) is 0 Å². The molecule has 2 amide bonds. The van der Waals surface area contributed by atoms with Gasteiger partial charge in [-0.05, 0) is 75.1 Å². The largest absolute Gasteiger partial charge is 0.358 e. The zero-order valence-electron chi connectivity index (χ0n) is 21.2. The zero-order chi connectivity index (χ0) is 24.5. The first kappa shape index (κ1) is 23.8. The fraction of sp³-hybridized carbons (Fsp3) is 0.500. The average molecular weight is 476 g/mol. The van der Waals surface area contributed by atoms with E-state index in [9.17, 15) is 9.59 Å². The highest BCUT2D eigenvalue weighted by Crippen LogP contribution is 2.41. The number of fused-ring (bicyclic) bond motifs is 2. The van der Waals surface area contributed by atoms with Gasteiger partial charge in [0.2, 0.25) is 0 Å². The molecule has 3 aliphatic rings. The molecule has 1 fully saturated rings. The maximum atomic E-state index is 13.4. The standard InChI is InChI=1S/C28H37N5O2/c1-4-32(5-2)15-16-33-14-11-23-25(28(33)35)18(3)24(30-23)17-21-26-20(19-9-12-29-13-10-19)7-6-8-22(26)31-27(21)34/h6-8,17,19,29-30H,4-5,9-16H2,1-3H3,(H,31,34)/b21-17-. The van der Waals surface area contributed by atoms with Crippen molar-refractivity contribution in [2.75, 3.05) is 51.1 Å². The summed E-state index contributed by atoms with van der Waals surface area (Å²) in [6.07, 6.45) is 4.93. The van der Waals surface area contributed by atoms with Gasteiger partial charge in [0.25, 0.3) is 11.8 Å². The molecule has 3 aliphatic heterocycles. The molecule has 35 heavy (non-hydrogen) atoms. The van der Waals surface area contributed by atoms with Crippen molar-refractivity contribution in [1.82, 2.24) is 20.1 Å². The Bertz CT molecular complexity index is 1150. The van der Waals surface area contributed by atoms with Gasteiger partial charge in [0.15, 0.2) is 0 Å². The highest BCUT2D eigenvalue weighted by molar-refractivity contribution is 6.35. The van der Waals surface area contributed by atoms with Crippen molar-refractivity contribution in [3.63, 3.8) is 0 Å². The van der Waals surface area contributed by atoms with Gasteiger partial charge in [-0.2, -0.15) is 0 Å². The fourth-order valence-corrected chi connectivity index (χ4v) is 5.86. The van der Waals surface area contributed by atoms with Gasteiger partial charge in [0, 0.05) is 48.7 Å². The Labute approximate surface area is 208 Å². The van der Waals surface area contributed by atoms with Crippen LogP contribution in [0.2, 0.25) is 0 Å². The number of H-pyrrole nitrogens is 1. The fourth-order valence-electron chi connectivity index (χ4n) is 5.86. The van der Waals surface area contributed by atoms with Crippen molar-refractivity contribution in [1.29, 1.82) is 0 Å². The van der Waals surface area contributed by atoms with Crippen LogP contribution in [0.1, 0.15) is 71.0 Å². The van der Waals surface area contributed by atoms with Crippen LogP contribution in [-0.4, -0.2) is 72.4 Å². The van der Waals surface area contributed by atoms with Crippen LogP contribution >= 0.6 is 0 Å². The first-order chi connectivity index (χ1) is 17.0. The monoisotopic (exact) mass is 475 g/mol. The predicted molar refractivity (Wildman–Crippen MR) is 141 cm³/mol. The number of piperidine rings is 1. The van der Waals surface area contributed by atoms with E-state index in [4.69, 9.17) is 0 Å². The molecule has 0 atom stereocenters. The van der Waals surface area contributed by atoms with Crippen LogP contribution in [-0.2, 0) is 11.2 Å². The molecule has 0 bridgehead atoms. The number of rotatable bonds is 7. The van der Waals surface area contributed by atoms with Crippen LogP contribution < -0.4 is 10.6 Å². The Morgan fingerprint density at radius 1 is 1.11 bits per heavy atom. The van der Waals surface area contributed by atoms with E-state index in [-0.39, 0.29) is 11.8 Å². The molecule has 186 valence electrons. The summed E-state index contributed by atoms with van der Waals surface area (Å²) >= 11 is 0. The molecule has 7 nitrogen and oxygen atoms in total. The lowest BCUT2D eigenvalue weighted by atomic mass is 9.85. The van der Waals surface area contributed by atoms with Crippen molar-refractivity contribution in [2.24, 2.45) is 0 Å². The quantitative estimate of drug-likeness (QED) is 0.535. The summed E-state index contributed by atoms with van der Waals surface area (Å²) in [4.78, 5) is 34.3. The van der Waals surface area contributed by atoms with E-state index in [0.29, 0.717) is 11.5 Å². The van der Waals surface area contributed by atoms with Crippen molar-refractivity contribution >= 4 is 29.2 Å². The van der Waals surface area contributed by atoms with E-state index in [1.807, 2.05) is 30.0 Å². The van der Waals surface area contributed by atoms with Crippen LogP contribution in [0.5, 0.6) is 0 Å². The number of benzene rings is 1. The number of carbonyl (C=O) groups excluding carboxylic acids is 2. The van der Waals surface area contributed by atoms with Gasteiger partial charge in [-0.3, -0.25) is 9.59 Å². The summed E-state index contributed by atoms with van der Waals surface area (Å²) in [5.41, 5.74) is 7.45. The molecule has 0 spiro atoms. The van der Waals surface area contributed by atoms with Gasteiger partial charge in [0.05, 0.1) is 11.1 Å². The molecule has 3 N–H and O–H groups in total. The van der Waals surface area contributed by atoms with E-state index < -0.39 is 0 Å². The third kappa shape index (κ3) is 4.43. The molecule has 0 aliphatic carbocycles. The van der Waals surface area contributed by atoms with E-state index in [1.54, 1.807) is 0 Å². The second kappa shape index (κ2) is 9.99. The third-order valence-electron chi connectivity index (χ3n) is 8.01. The topological polar surface area (TPSA) is 80.5 Å². The Balaban J connectivity index is 1.45. The smallest absolute Gasteiger partial charge is 0.256 e. The van der Waals surface area contributed by atoms with Crippen molar-refractivity contribution < 1.29 is 9.59 Å². The van der Waals surface area contributed by atoms with Crippen LogP contribution in [0, 0.1) is 6.92 Å². The molecule has 0 radical (unpaired) electrons. The molecular weight excluding hydrogens is 438 g/mol. The number of hydrogen-bond donors (Lipinski definition) is 3. The molecule has 0 unspecified atom stereocenters. The van der Waals surface area contributed by atoms with Crippen molar-refractivity contribution in [3.8, 4) is 0 Å². The van der Waals surface area contributed by atoms with Gasteiger partial charge in [-0.25, -0.2) is 0 Å². The number of nitrogens with zero attached hydrogens (tertiary/aromatic N) is 2. The van der Waals surface area contributed by atoms with Gasteiger partial charge in [0.1, 0.15) is 0 Å². The molecule has 1 aromatic carbocycles. The highest BCUT2D eigenvalue weighted by atomic mass is 16.2. The number of amides is 2. The lowest BCUT2D eigenvalue weighted by Crippen LogP contribution is -2.42. The summed E-state index contributed by atoms with van der Waals surface area (Å²) in [5, 5.41) is 6.50. The molecular formula is C28H37N5O2. The zero-order valence-corrected chi connectivity index (χ0v) is 21.2. The summed E-state index contributed by atoms with van der Waals surface area (Å²) in [7, 11) is 0. The normalized spacial score (nSPS) is 19.4. The minimum atomic E-state index is -0.0690. The number of nitrogens with one attached hydrogen (secondary N) is 3. The molecule has 2 aromatic rings. The number of aromatic amines is 1. The van der Waals surface area contributed by atoms with Gasteiger partial charge >= 0.3 is 0 Å². The Morgan fingerprint density at radius 3 is 2.63 bits per heavy atom. The summed E-state index contributed by atoms with van der Waals surface area (Å²) in [6, 6.07) is 6.21. The number of aromatic nitrogens is 1. The minimum Gasteiger partial charge on any atom is -0.358 e. The van der Waals surface area contributed by atoms with Gasteiger partial charge < -0.3 is 25.4 Å². The van der Waals surface area contributed by atoms with E-state index >= 15 is 0 Å². The molecule has 1 saturated heterocycles. The lowest BCUT2D eigenvalue weighted by Gasteiger charge is -2.29. The Kier molecular flexibility index (Phi) is 6.80. The summed E-state index contributed by atoms with van der Waals surface area (Å²) < 4.78 is 0. The third-order valence-corrected chi connectivity index (χ3v) is 8.01. The van der Waals surface area contributed by atoms with Crippen molar-refractivity contribution in [2.45, 2.75) is 46.0 Å². The number of hydrogen-bond acceptors (Lipinski definition) is 4. The first-order valence-electron chi connectivity index (χ1n) is 13.1. The van der Waals surface area contributed by atoms with Crippen LogP contribution in [0.15, 0.2) is 18.2 Å². The summed E-state index contributed by atoms with van der Waals surface area (Å²) in [5.74, 6) is 0.477. The summed E-state index contributed by atoms with van der Waals surface area (Å²) in [6.45, 7) is 12.7. The van der Waals surface area contributed by atoms with Crippen LogP contribution in [0.4, 0.5) is 5.69 Å². The SMILES string of the molecule is CCN(CC)CCN1CCc2[nH]c(/C=C3\C(=O)Nc4cccc(C5CCNCC5)c43)c(C)c2C1=O. The first-order valence-corrected chi connectivity index (χ1v) is 13.1. The second-order valence-electron chi connectivity index (χ2n) is 9.89. The minimum absolute atomic E-state index is 0.0690. The van der Waals surface area contributed by atoms with Crippen molar-refractivity contribution in [3.05, 3.63) is 51.8 Å². The number of anilines is 1. The number of likely N-dealkylation sites (N-methyl/N-ethyl adjacent to an activating group) is 1. The molecule has 5 rings (SSSR count). The Morgan fingerprint density at radius 2 is 1.89 bits per heavy atom. The van der Waals surface area contributed by atoms with E-state index in [2.05, 4.69) is 40.4 Å². The van der Waals surface area contributed by atoms with Crippen LogP contribution in [0.25, 0.3) is 11.6 Å².